The highest BCUT2D eigenvalue weighted by Crippen LogP contribution is 2.29. The highest BCUT2D eigenvalue weighted by atomic mass is 35.5. The number of hydrogen-bond donors (Lipinski definition) is 1. The molecule has 1 aliphatic rings. The molecule has 1 N–H and O–H groups in total. The van der Waals surface area contributed by atoms with Crippen LogP contribution in [-0.4, -0.2) is 18.4 Å². The summed E-state index contributed by atoms with van der Waals surface area (Å²) in [6, 6.07) is 14.9. The molecule has 2 aromatic carbocycles. The topological polar surface area (TPSA) is 49.4 Å². The van der Waals surface area contributed by atoms with Crippen LogP contribution in [0.2, 0.25) is 5.02 Å². The first-order valence-corrected chi connectivity index (χ1v) is 9.30. The Morgan fingerprint density at radius 3 is 2.50 bits per heavy atom. The number of carbonyl (C=O) groups excluding carboxylic acids is 2. The van der Waals surface area contributed by atoms with Gasteiger partial charge in [0.2, 0.25) is 11.8 Å². The third-order valence-electron chi connectivity index (χ3n) is 4.68. The van der Waals surface area contributed by atoms with E-state index in [2.05, 4.69) is 5.32 Å². The van der Waals surface area contributed by atoms with Crippen LogP contribution in [0, 0.1) is 5.92 Å². The summed E-state index contributed by atoms with van der Waals surface area (Å²) in [5.74, 6) is -0.0641. The average molecular weight is 371 g/mol. The van der Waals surface area contributed by atoms with E-state index >= 15 is 0 Å². The maximum atomic E-state index is 12.9. The molecule has 2 amide bonds. The van der Waals surface area contributed by atoms with Crippen LogP contribution < -0.4 is 10.2 Å². The van der Waals surface area contributed by atoms with E-state index < -0.39 is 0 Å². The minimum absolute atomic E-state index is 0.0628. The van der Waals surface area contributed by atoms with Crippen LogP contribution in [0.3, 0.4) is 0 Å². The molecule has 2 aromatic rings. The number of halogens is 1. The van der Waals surface area contributed by atoms with Crippen LogP contribution >= 0.6 is 11.6 Å². The molecule has 26 heavy (non-hydrogen) atoms. The zero-order valence-corrected chi connectivity index (χ0v) is 15.8. The molecule has 1 atom stereocenters. The highest BCUT2D eigenvalue weighted by Gasteiger charge is 2.25. The van der Waals surface area contributed by atoms with Crippen LogP contribution in [0.25, 0.3) is 0 Å². The SMILES string of the molecule is CC(C)[C@H](C(=O)Nc1cccc(N2CCCC2=O)c1)c1ccc(Cl)cc1. The average Bonchev–Trinajstić information content (AvgIpc) is 3.03. The van der Waals surface area contributed by atoms with Gasteiger partial charge in [-0.2, -0.15) is 0 Å². The number of nitrogens with zero attached hydrogens (tertiary/aromatic N) is 1. The molecule has 0 unspecified atom stereocenters. The first-order chi connectivity index (χ1) is 12.5. The minimum atomic E-state index is -0.274. The lowest BCUT2D eigenvalue weighted by Gasteiger charge is -2.22. The largest absolute Gasteiger partial charge is 0.325 e. The van der Waals surface area contributed by atoms with Gasteiger partial charge in [-0.15, -0.1) is 0 Å². The molecule has 0 aromatic heterocycles. The normalized spacial score (nSPS) is 15.4. The molecule has 1 heterocycles. The fourth-order valence-electron chi connectivity index (χ4n) is 3.40. The van der Waals surface area contributed by atoms with E-state index in [1.165, 1.54) is 0 Å². The molecule has 4 nitrogen and oxygen atoms in total. The standard InChI is InChI=1S/C21H23ClN2O2/c1-14(2)20(15-8-10-16(22)11-9-15)21(26)23-17-5-3-6-18(13-17)24-12-4-7-19(24)25/h3,5-6,8-11,13-14,20H,4,7,12H2,1-2H3,(H,23,26)/t20-/m0/s1. The molecular weight excluding hydrogens is 348 g/mol. The van der Waals surface area contributed by atoms with Crippen molar-refractivity contribution in [3.05, 3.63) is 59.1 Å². The Morgan fingerprint density at radius 2 is 1.88 bits per heavy atom. The lowest BCUT2D eigenvalue weighted by Crippen LogP contribution is -2.26. The van der Waals surface area contributed by atoms with Crippen molar-refractivity contribution in [1.29, 1.82) is 0 Å². The molecule has 3 rings (SSSR count). The molecule has 0 radical (unpaired) electrons. The van der Waals surface area contributed by atoms with Crippen LogP contribution in [-0.2, 0) is 9.59 Å². The van der Waals surface area contributed by atoms with Crippen LogP contribution in [0.5, 0.6) is 0 Å². The summed E-state index contributed by atoms with van der Waals surface area (Å²) in [5, 5.41) is 3.66. The lowest BCUT2D eigenvalue weighted by atomic mass is 9.87. The van der Waals surface area contributed by atoms with E-state index in [-0.39, 0.29) is 23.7 Å². The zero-order valence-electron chi connectivity index (χ0n) is 15.0. The predicted molar refractivity (Wildman–Crippen MR) is 106 cm³/mol. The summed E-state index contributed by atoms with van der Waals surface area (Å²) in [6.07, 6.45) is 1.46. The molecule has 0 aliphatic carbocycles. The summed E-state index contributed by atoms with van der Waals surface area (Å²) < 4.78 is 0. The molecule has 0 spiro atoms. The molecular formula is C21H23ClN2O2. The quantitative estimate of drug-likeness (QED) is 0.818. The van der Waals surface area contributed by atoms with Gasteiger partial charge < -0.3 is 10.2 Å². The molecule has 1 aliphatic heterocycles. The summed E-state index contributed by atoms with van der Waals surface area (Å²) in [5.41, 5.74) is 2.47. The fraction of sp³-hybridized carbons (Fsp3) is 0.333. The highest BCUT2D eigenvalue weighted by molar-refractivity contribution is 6.30. The Kier molecular flexibility index (Phi) is 5.62. The van der Waals surface area contributed by atoms with Crippen molar-refractivity contribution in [3.8, 4) is 0 Å². The number of rotatable bonds is 5. The Bertz CT molecular complexity index is 802. The second kappa shape index (κ2) is 7.92. The molecule has 136 valence electrons. The minimum Gasteiger partial charge on any atom is -0.325 e. The first-order valence-electron chi connectivity index (χ1n) is 8.92. The van der Waals surface area contributed by atoms with Gasteiger partial charge in [0.05, 0.1) is 5.92 Å². The summed E-state index contributed by atoms with van der Waals surface area (Å²) in [4.78, 5) is 26.6. The maximum absolute atomic E-state index is 12.9. The van der Waals surface area contributed by atoms with Crippen LogP contribution in [0.4, 0.5) is 11.4 Å². The molecule has 0 bridgehead atoms. The van der Waals surface area contributed by atoms with Gasteiger partial charge in [-0.25, -0.2) is 0 Å². The van der Waals surface area contributed by atoms with Crippen molar-refractivity contribution in [2.75, 3.05) is 16.8 Å². The third kappa shape index (κ3) is 4.07. The van der Waals surface area contributed by atoms with Gasteiger partial charge in [-0.3, -0.25) is 9.59 Å². The molecule has 1 fully saturated rings. The van der Waals surface area contributed by atoms with Gasteiger partial charge in [0.1, 0.15) is 0 Å². The Morgan fingerprint density at radius 1 is 1.15 bits per heavy atom. The Labute approximate surface area is 159 Å². The van der Waals surface area contributed by atoms with Crippen molar-refractivity contribution in [3.63, 3.8) is 0 Å². The van der Waals surface area contributed by atoms with E-state index in [1.54, 1.807) is 17.0 Å². The molecule has 0 saturated carbocycles. The van der Waals surface area contributed by atoms with Gasteiger partial charge in [-0.05, 0) is 48.2 Å². The van der Waals surface area contributed by atoms with E-state index in [0.29, 0.717) is 17.1 Å². The van der Waals surface area contributed by atoms with Crippen LogP contribution in [0.15, 0.2) is 48.5 Å². The van der Waals surface area contributed by atoms with Crippen LogP contribution in [0.1, 0.15) is 38.2 Å². The van der Waals surface area contributed by atoms with Gasteiger partial charge >= 0.3 is 0 Å². The van der Waals surface area contributed by atoms with E-state index in [9.17, 15) is 9.59 Å². The zero-order chi connectivity index (χ0) is 18.7. The smallest absolute Gasteiger partial charge is 0.232 e. The van der Waals surface area contributed by atoms with Crippen molar-refractivity contribution in [2.24, 2.45) is 5.92 Å². The first kappa shape index (κ1) is 18.5. The monoisotopic (exact) mass is 370 g/mol. The van der Waals surface area contributed by atoms with Crippen molar-refractivity contribution < 1.29 is 9.59 Å². The van der Waals surface area contributed by atoms with Crippen molar-refractivity contribution in [1.82, 2.24) is 0 Å². The van der Waals surface area contributed by atoms with Gasteiger partial charge in [0, 0.05) is 29.4 Å². The second-order valence-corrected chi connectivity index (χ2v) is 7.40. The van der Waals surface area contributed by atoms with E-state index in [1.807, 2.05) is 50.2 Å². The number of carbonyl (C=O) groups is 2. The van der Waals surface area contributed by atoms with Gasteiger partial charge in [-0.1, -0.05) is 43.6 Å². The fourth-order valence-corrected chi connectivity index (χ4v) is 3.53. The lowest BCUT2D eigenvalue weighted by molar-refractivity contribution is -0.118. The molecule has 5 heteroatoms. The van der Waals surface area contributed by atoms with E-state index in [4.69, 9.17) is 11.6 Å². The summed E-state index contributed by atoms with van der Waals surface area (Å²) in [7, 11) is 0. The van der Waals surface area contributed by atoms with Gasteiger partial charge in [0.25, 0.3) is 0 Å². The number of anilines is 2. The summed E-state index contributed by atoms with van der Waals surface area (Å²) in [6.45, 7) is 4.78. The van der Waals surface area contributed by atoms with E-state index in [0.717, 1.165) is 24.2 Å². The second-order valence-electron chi connectivity index (χ2n) is 6.96. The Balaban J connectivity index is 1.79. The number of hydrogen-bond acceptors (Lipinski definition) is 2. The molecule has 1 saturated heterocycles. The Hall–Kier alpha value is -2.33. The maximum Gasteiger partial charge on any atom is 0.232 e. The summed E-state index contributed by atoms with van der Waals surface area (Å²) >= 11 is 5.96. The van der Waals surface area contributed by atoms with Gasteiger partial charge in [0.15, 0.2) is 0 Å². The number of nitrogens with one attached hydrogen (secondary N) is 1. The number of benzene rings is 2. The predicted octanol–water partition coefficient (Wildman–Crippen LogP) is 4.85. The third-order valence-corrected chi connectivity index (χ3v) is 4.93. The number of amides is 2. The van der Waals surface area contributed by atoms with Crippen molar-refractivity contribution in [2.45, 2.75) is 32.6 Å². The van der Waals surface area contributed by atoms with Crippen molar-refractivity contribution >= 4 is 34.8 Å².